The molecule has 1 heterocycles. The maximum atomic E-state index is 13.4. The number of amides is 3. The molecule has 2 aromatic rings. The summed E-state index contributed by atoms with van der Waals surface area (Å²) in [6.07, 6.45) is 0.742. The second-order valence-electron chi connectivity index (χ2n) is 12.8. The van der Waals surface area contributed by atoms with Gasteiger partial charge in [-0.1, -0.05) is 48.5 Å². The van der Waals surface area contributed by atoms with Crippen LogP contribution in [0.25, 0.3) is 0 Å². The van der Waals surface area contributed by atoms with Crippen molar-refractivity contribution in [1.29, 1.82) is 0 Å². The summed E-state index contributed by atoms with van der Waals surface area (Å²) in [5, 5.41) is 18.1. The first-order chi connectivity index (χ1) is 22.8. The SMILES string of the molecule is C[C@@H](OC(=O)c1ccccc1)[C@H](NC(=O)[C@H]1CCCN1C[C@H](CCCCNC(=O)OC(C)(C)C)NC(=O)OCc1ccccc1)C(=O)O. The fourth-order valence-corrected chi connectivity index (χ4v) is 5.29. The normalized spacial score (nSPS) is 16.5. The van der Waals surface area contributed by atoms with E-state index in [4.69, 9.17) is 14.2 Å². The zero-order valence-electron chi connectivity index (χ0n) is 28.1. The molecule has 0 radical (unpaired) electrons. The Morgan fingerprint density at radius 3 is 2.25 bits per heavy atom. The van der Waals surface area contributed by atoms with Gasteiger partial charge < -0.3 is 35.3 Å². The number of nitrogens with one attached hydrogen (secondary N) is 3. The fraction of sp³-hybridized carbons (Fsp3) is 0.514. The number of carboxylic acid groups (broad SMARTS) is 1. The zero-order valence-corrected chi connectivity index (χ0v) is 28.1. The number of nitrogens with zero attached hydrogens (tertiary/aromatic N) is 1. The Morgan fingerprint density at radius 1 is 0.938 bits per heavy atom. The number of alkyl carbamates (subject to hydrolysis) is 2. The Morgan fingerprint density at radius 2 is 1.60 bits per heavy atom. The van der Waals surface area contributed by atoms with E-state index in [1.54, 1.807) is 51.1 Å². The Kier molecular flexibility index (Phi) is 14.7. The molecule has 0 unspecified atom stereocenters. The fourth-order valence-electron chi connectivity index (χ4n) is 5.29. The van der Waals surface area contributed by atoms with E-state index in [2.05, 4.69) is 16.0 Å². The number of likely N-dealkylation sites (tertiary alicyclic amines) is 1. The summed E-state index contributed by atoms with van der Waals surface area (Å²) in [4.78, 5) is 64.8. The largest absolute Gasteiger partial charge is 0.480 e. The van der Waals surface area contributed by atoms with Crippen LogP contribution in [-0.4, -0.2) is 89.5 Å². The molecule has 4 atom stereocenters. The third-order valence-electron chi connectivity index (χ3n) is 7.64. The molecular formula is C35H48N4O9. The predicted molar refractivity (Wildman–Crippen MR) is 177 cm³/mol. The zero-order chi connectivity index (χ0) is 35.1. The monoisotopic (exact) mass is 668 g/mol. The summed E-state index contributed by atoms with van der Waals surface area (Å²) in [6, 6.07) is 14.9. The average molecular weight is 669 g/mol. The third kappa shape index (κ3) is 13.2. The highest BCUT2D eigenvalue weighted by atomic mass is 16.6. The van der Waals surface area contributed by atoms with E-state index in [0.29, 0.717) is 51.7 Å². The van der Waals surface area contributed by atoms with Crippen molar-refractivity contribution in [1.82, 2.24) is 20.9 Å². The minimum Gasteiger partial charge on any atom is -0.480 e. The molecule has 1 aliphatic heterocycles. The van der Waals surface area contributed by atoms with Gasteiger partial charge >= 0.3 is 24.1 Å². The van der Waals surface area contributed by atoms with Crippen molar-refractivity contribution < 1.29 is 43.3 Å². The Bertz CT molecular complexity index is 1350. The Hall–Kier alpha value is -4.65. The van der Waals surface area contributed by atoms with Gasteiger partial charge in [-0.25, -0.2) is 19.2 Å². The van der Waals surface area contributed by atoms with Gasteiger partial charge in [0.05, 0.1) is 11.6 Å². The Balaban J connectivity index is 1.60. The molecule has 0 bridgehead atoms. The number of aliphatic carboxylic acids is 1. The van der Waals surface area contributed by atoms with Crippen LogP contribution in [0.15, 0.2) is 60.7 Å². The third-order valence-corrected chi connectivity index (χ3v) is 7.64. The van der Waals surface area contributed by atoms with Gasteiger partial charge in [-0.2, -0.15) is 0 Å². The van der Waals surface area contributed by atoms with E-state index in [1.165, 1.54) is 6.92 Å². The van der Waals surface area contributed by atoms with Crippen LogP contribution in [0.3, 0.4) is 0 Å². The van der Waals surface area contributed by atoms with Crippen molar-refractivity contribution in [2.45, 2.75) is 96.2 Å². The van der Waals surface area contributed by atoms with Gasteiger partial charge in [0.2, 0.25) is 5.91 Å². The average Bonchev–Trinajstić information content (AvgIpc) is 3.50. The highest BCUT2D eigenvalue weighted by Crippen LogP contribution is 2.20. The van der Waals surface area contributed by atoms with Gasteiger partial charge in [-0.05, 0) is 84.0 Å². The number of hydrogen-bond donors (Lipinski definition) is 4. The van der Waals surface area contributed by atoms with Crippen LogP contribution in [0.4, 0.5) is 9.59 Å². The molecule has 4 N–H and O–H groups in total. The number of carbonyl (C=O) groups excluding carboxylic acids is 4. The molecule has 3 amide bonds. The molecular weight excluding hydrogens is 620 g/mol. The van der Waals surface area contributed by atoms with Gasteiger partial charge in [0.15, 0.2) is 6.04 Å². The second-order valence-corrected chi connectivity index (χ2v) is 12.8. The van der Waals surface area contributed by atoms with Crippen molar-refractivity contribution in [3.05, 3.63) is 71.8 Å². The molecule has 13 nitrogen and oxygen atoms in total. The van der Waals surface area contributed by atoms with Crippen molar-refractivity contribution in [3.8, 4) is 0 Å². The molecule has 0 aromatic heterocycles. The predicted octanol–water partition coefficient (Wildman–Crippen LogP) is 4.26. The molecule has 0 saturated carbocycles. The second kappa shape index (κ2) is 18.6. The Labute approximate surface area is 281 Å². The number of hydrogen-bond acceptors (Lipinski definition) is 9. The smallest absolute Gasteiger partial charge is 0.407 e. The van der Waals surface area contributed by atoms with Crippen LogP contribution >= 0.6 is 0 Å². The first-order valence-electron chi connectivity index (χ1n) is 16.3. The maximum Gasteiger partial charge on any atom is 0.407 e. The van der Waals surface area contributed by atoms with Gasteiger partial charge in [0.1, 0.15) is 18.3 Å². The molecule has 48 heavy (non-hydrogen) atoms. The van der Waals surface area contributed by atoms with Crippen molar-refractivity contribution in [2.75, 3.05) is 19.6 Å². The van der Waals surface area contributed by atoms with E-state index in [9.17, 15) is 29.1 Å². The van der Waals surface area contributed by atoms with Crippen LogP contribution in [0.2, 0.25) is 0 Å². The molecule has 1 saturated heterocycles. The number of ether oxygens (including phenoxy) is 3. The number of carboxylic acids is 1. The minimum atomic E-state index is -1.47. The van der Waals surface area contributed by atoms with Crippen molar-refractivity contribution >= 4 is 30.0 Å². The van der Waals surface area contributed by atoms with E-state index in [0.717, 1.165) is 5.56 Å². The highest BCUT2D eigenvalue weighted by Gasteiger charge is 2.37. The molecule has 1 fully saturated rings. The van der Waals surface area contributed by atoms with Gasteiger partial charge in [-0.15, -0.1) is 0 Å². The van der Waals surface area contributed by atoms with Gasteiger partial charge in [-0.3, -0.25) is 9.69 Å². The number of unbranched alkanes of at least 4 members (excludes halogenated alkanes) is 1. The lowest BCUT2D eigenvalue weighted by atomic mass is 10.1. The number of carbonyl (C=O) groups is 5. The van der Waals surface area contributed by atoms with Crippen LogP contribution in [0, 0.1) is 0 Å². The van der Waals surface area contributed by atoms with E-state index in [1.807, 2.05) is 35.2 Å². The number of esters is 1. The van der Waals surface area contributed by atoms with E-state index in [-0.39, 0.29) is 12.2 Å². The summed E-state index contributed by atoms with van der Waals surface area (Å²) in [5.74, 6) is -2.53. The van der Waals surface area contributed by atoms with Crippen LogP contribution in [0.1, 0.15) is 75.7 Å². The number of rotatable bonds is 16. The topological polar surface area (TPSA) is 173 Å². The molecule has 0 aliphatic carbocycles. The summed E-state index contributed by atoms with van der Waals surface area (Å²) in [5.41, 5.74) is 0.501. The lowest BCUT2D eigenvalue weighted by Crippen LogP contribution is -2.55. The van der Waals surface area contributed by atoms with E-state index < -0.39 is 59.9 Å². The van der Waals surface area contributed by atoms with E-state index >= 15 is 0 Å². The van der Waals surface area contributed by atoms with Crippen LogP contribution in [-0.2, 0) is 30.4 Å². The summed E-state index contributed by atoms with van der Waals surface area (Å²) in [7, 11) is 0. The maximum absolute atomic E-state index is 13.4. The molecule has 1 aliphatic rings. The first kappa shape index (κ1) is 37.8. The quantitative estimate of drug-likeness (QED) is 0.115. The molecule has 0 spiro atoms. The van der Waals surface area contributed by atoms with Crippen molar-refractivity contribution in [3.63, 3.8) is 0 Å². The summed E-state index contributed by atoms with van der Waals surface area (Å²) in [6.45, 7) is 8.14. The van der Waals surface area contributed by atoms with Crippen LogP contribution < -0.4 is 16.0 Å². The number of benzene rings is 2. The lowest BCUT2D eigenvalue weighted by molar-refractivity contribution is -0.145. The molecule has 3 rings (SSSR count). The van der Waals surface area contributed by atoms with Gasteiger partial charge in [0.25, 0.3) is 0 Å². The molecule has 262 valence electrons. The standard InChI is InChI=1S/C35H48N4O9/c1-24(47-32(43)26-16-9-6-10-17-26)29(31(41)42)38-30(40)28-19-13-21-39(28)22-27(18-11-12-20-36-33(44)48-35(2,3)4)37-34(45)46-23-25-14-7-5-8-15-25/h5-10,14-17,24,27-29H,11-13,18-23H2,1-4H3,(H,36,44)(H,37,45)(H,38,40)(H,41,42)/t24-,27+,28-,29+/m1/s1. The lowest BCUT2D eigenvalue weighted by Gasteiger charge is -2.30. The first-order valence-corrected chi connectivity index (χ1v) is 16.3. The van der Waals surface area contributed by atoms with Crippen LogP contribution in [0.5, 0.6) is 0 Å². The molecule has 2 aromatic carbocycles. The van der Waals surface area contributed by atoms with Crippen molar-refractivity contribution in [2.24, 2.45) is 0 Å². The highest BCUT2D eigenvalue weighted by molar-refractivity contribution is 5.90. The summed E-state index contributed by atoms with van der Waals surface area (Å²) < 4.78 is 16.1. The van der Waals surface area contributed by atoms with Gasteiger partial charge in [0, 0.05) is 19.1 Å². The minimum absolute atomic E-state index is 0.0948. The molecule has 13 heteroatoms. The summed E-state index contributed by atoms with van der Waals surface area (Å²) >= 11 is 0.